The Morgan fingerprint density at radius 1 is 1.43 bits per heavy atom. The number of aryl methyl sites for hydroxylation is 1. The van der Waals surface area contributed by atoms with Crippen molar-refractivity contribution >= 4 is 15.9 Å². The lowest BCUT2D eigenvalue weighted by Crippen LogP contribution is -2.44. The predicted octanol–water partition coefficient (Wildman–Crippen LogP) is 1.47. The van der Waals surface area contributed by atoms with Crippen LogP contribution in [-0.2, 0) is 17.1 Å². The molecule has 0 saturated carbocycles. The molecule has 2 rings (SSSR count). The summed E-state index contributed by atoms with van der Waals surface area (Å²) in [6.07, 6.45) is 6.57. The van der Waals surface area contributed by atoms with E-state index in [-0.39, 0.29) is 16.8 Å². The zero-order chi connectivity index (χ0) is 15.6. The van der Waals surface area contributed by atoms with Crippen molar-refractivity contribution in [2.24, 2.45) is 12.2 Å². The fourth-order valence-corrected chi connectivity index (χ4v) is 3.53. The van der Waals surface area contributed by atoms with E-state index in [1.165, 1.54) is 12.3 Å². The predicted molar refractivity (Wildman–Crippen MR) is 80.4 cm³/mol. The van der Waals surface area contributed by atoms with Gasteiger partial charge in [-0.1, -0.05) is 13.3 Å². The molecule has 0 spiro atoms. The van der Waals surface area contributed by atoms with Crippen LogP contribution in [0, 0.1) is 0 Å². The Bertz CT molecular complexity index is 619. The quantitative estimate of drug-likeness (QED) is 0.913. The van der Waals surface area contributed by atoms with Crippen LogP contribution >= 0.6 is 0 Å². The van der Waals surface area contributed by atoms with Crippen LogP contribution in [0.25, 0.3) is 0 Å². The number of carbonyl (C=O) groups is 1. The maximum Gasteiger partial charge on any atom is 0.270 e. The Balaban J connectivity index is 2.28. The minimum Gasteiger partial charge on any atom is -0.345 e. The lowest BCUT2D eigenvalue weighted by Gasteiger charge is -2.35. The highest BCUT2D eigenvalue weighted by Gasteiger charge is 2.29. The normalized spacial score (nSPS) is 19.8. The van der Waals surface area contributed by atoms with E-state index in [4.69, 9.17) is 5.14 Å². The molecule has 7 heteroatoms. The van der Waals surface area contributed by atoms with E-state index in [0.717, 1.165) is 38.6 Å². The molecule has 0 aliphatic carbocycles. The molecule has 0 aromatic carbocycles. The Kier molecular flexibility index (Phi) is 4.73. The molecule has 1 aliphatic heterocycles. The molecule has 118 valence electrons. The second-order valence-corrected chi connectivity index (χ2v) is 7.22. The maximum atomic E-state index is 12.7. The van der Waals surface area contributed by atoms with E-state index in [9.17, 15) is 13.2 Å². The third-order valence-corrected chi connectivity index (χ3v) is 4.92. The summed E-state index contributed by atoms with van der Waals surface area (Å²) >= 11 is 0. The number of amides is 1. The van der Waals surface area contributed by atoms with Gasteiger partial charge in [0.05, 0.1) is 0 Å². The molecule has 1 saturated heterocycles. The molecular formula is C14H23N3O3S. The van der Waals surface area contributed by atoms with Crippen molar-refractivity contribution in [3.8, 4) is 0 Å². The van der Waals surface area contributed by atoms with Gasteiger partial charge in [0.15, 0.2) is 0 Å². The number of sulfonamides is 1. The van der Waals surface area contributed by atoms with E-state index < -0.39 is 10.0 Å². The van der Waals surface area contributed by atoms with Crippen molar-refractivity contribution in [1.82, 2.24) is 9.47 Å². The number of rotatable bonds is 4. The topological polar surface area (TPSA) is 85.4 Å². The van der Waals surface area contributed by atoms with Gasteiger partial charge < -0.3 is 9.47 Å². The number of piperidine rings is 1. The molecule has 0 bridgehead atoms. The zero-order valence-electron chi connectivity index (χ0n) is 12.6. The van der Waals surface area contributed by atoms with Crippen LogP contribution in [0.1, 0.15) is 49.5 Å². The molecule has 0 radical (unpaired) electrons. The van der Waals surface area contributed by atoms with Gasteiger partial charge in [-0.05, 0) is 31.7 Å². The van der Waals surface area contributed by atoms with Gasteiger partial charge in [-0.3, -0.25) is 4.79 Å². The first-order valence-corrected chi connectivity index (χ1v) is 8.89. The molecule has 2 heterocycles. The highest BCUT2D eigenvalue weighted by molar-refractivity contribution is 7.89. The summed E-state index contributed by atoms with van der Waals surface area (Å²) in [5, 5.41) is 5.13. The summed E-state index contributed by atoms with van der Waals surface area (Å²) in [6, 6.07) is 1.62. The molecule has 6 nitrogen and oxygen atoms in total. The first-order chi connectivity index (χ1) is 9.84. The van der Waals surface area contributed by atoms with E-state index in [1.807, 2.05) is 4.90 Å². The molecule has 1 aromatic heterocycles. The van der Waals surface area contributed by atoms with Gasteiger partial charge in [-0.25, -0.2) is 13.6 Å². The van der Waals surface area contributed by atoms with Gasteiger partial charge in [0.25, 0.3) is 5.91 Å². The molecule has 21 heavy (non-hydrogen) atoms. The number of nitrogens with zero attached hydrogens (tertiary/aromatic N) is 2. The maximum absolute atomic E-state index is 12.7. The molecule has 1 unspecified atom stereocenters. The highest BCUT2D eigenvalue weighted by atomic mass is 32.2. The van der Waals surface area contributed by atoms with Crippen LogP contribution in [0.4, 0.5) is 0 Å². The van der Waals surface area contributed by atoms with E-state index in [2.05, 4.69) is 6.92 Å². The summed E-state index contributed by atoms with van der Waals surface area (Å²) in [5.41, 5.74) is 0.377. The summed E-state index contributed by atoms with van der Waals surface area (Å²) < 4.78 is 24.3. The monoisotopic (exact) mass is 313 g/mol. The van der Waals surface area contributed by atoms with Gasteiger partial charge >= 0.3 is 0 Å². The van der Waals surface area contributed by atoms with Crippen LogP contribution in [0.2, 0.25) is 0 Å². The van der Waals surface area contributed by atoms with Gasteiger partial charge in [0, 0.05) is 25.8 Å². The van der Waals surface area contributed by atoms with Crippen molar-refractivity contribution in [3.05, 3.63) is 18.0 Å². The van der Waals surface area contributed by atoms with Crippen LogP contribution in [0.3, 0.4) is 0 Å². The fraction of sp³-hybridized carbons (Fsp3) is 0.643. The van der Waals surface area contributed by atoms with Gasteiger partial charge in [-0.15, -0.1) is 0 Å². The lowest BCUT2D eigenvalue weighted by atomic mass is 9.98. The number of hydrogen-bond acceptors (Lipinski definition) is 3. The van der Waals surface area contributed by atoms with Gasteiger partial charge in [-0.2, -0.15) is 0 Å². The average molecular weight is 313 g/mol. The number of primary sulfonamides is 1. The second kappa shape index (κ2) is 6.19. The van der Waals surface area contributed by atoms with Crippen LogP contribution in [-0.4, -0.2) is 36.4 Å². The molecular weight excluding hydrogens is 290 g/mol. The number of likely N-dealkylation sites (tertiary alicyclic amines) is 1. The van der Waals surface area contributed by atoms with E-state index in [0.29, 0.717) is 5.69 Å². The van der Waals surface area contributed by atoms with E-state index >= 15 is 0 Å². The minimum atomic E-state index is -3.78. The molecule has 1 aliphatic rings. The third-order valence-electron chi connectivity index (χ3n) is 4.04. The molecule has 1 fully saturated rings. The van der Waals surface area contributed by atoms with Crippen LogP contribution < -0.4 is 5.14 Å². The number of aromatic nitrogens is 1. The van der Waals surface area contributed by atoms with Crippen LogP contribution in [0.15, 0.2) is 17.2 Å². The Hall–Kier alpha value is -1.34. The van der Waals surface area contributed by atoms with Gasteiger partial charge in [0.2, 0.25) is 10.0 Å². The lowest BCUT2D eigenvalue weighted by molar-refractivity contribution is 0.0591. The Morgan fingerprint density at radius 2 is 2.14 bits per heavy atom. The number of nitrogens with two attached hydrogens (primary N) is 1. The third kappa shape index (κ3) is 3.47. The van der Waals surface area contributed by atoms with Crippen molar-refractivity contribution in [3.63, 3.8) is 0 Å². The summed E-state index contributed by atoms with van der Waals surface area (Å²) in [5.74, 6) is -0.106. The zero-order valence-corrected chi connectivity index (χ0v) is 13.4. The minimum absolute atomic E-state index is 0.0163. The second-order valence-electron chi connectivity index (χ2n) is 5.65. The summed E-state index contributed by atoms with van der Waals surface area (Å²) in [7, 11) is -2.12. The van der Waals surface area contributed by atoms with Crippen LogP contribution in [0.5, 0.6) is 0 Å². The Morgan fingerprint density at radius 3 is 2.71 bits per heavy atom. The number of hydrogen-bond donors (Lipinski definition) is 1. The average Bonchev–Trinajstić information content (AvgIpc) is 2.81. The van der Waals surface area contributed by atoms with Crippen molar-refractivity contribution in [1.29, 1.82) is 0 Å². The summed E-state index contributed by atoms with van der Waals surface area (Å²) in [4.78, 5) is 14.6. The fourth-order valence-electron chi connectivity index (χ4n) is 2.95. The SMILES string of the molecule is CCCC1CCCCN1C(=O)c1cc(S(N)(=O)=O)cn1C. The van der Waals surface area contributed by atoms with E-state index in [1.54, 1.807) is 11.6 Å². The van der Waals surface area contributed by atoms with Gasteiger partial charge in [0.1, 0.15) is 10.6 Å². The largest absolute Gasteiger partial charge is 0.345 e. The van der Waals surface area contributed by atoms with Crippen molar-refractivity contribution in [2.45, 2.75) is 50.0 Å². The molecule has 1 aromatic rings. The summed E-state index contributed by atoms with van der Waals surface area (Å²) in [6.45, 7) is 2.85. The number of carbonyl (C=O) groups excluding carboxylic acids is 1. The highest BCUT2D eigenvalue weighted by Crippen LogP contribution is 2.24. The smallest absolute Gasteiger partial charge is 0.270 e. The molecule has 1 amide bonds. The van der Waals surface area contributed by atoms with Crippen molar-refractivity contribution < 1.29 is 13.2 Å². The first kappa shape index (κ1) is 16.0. The Labute approximate surface area is 126 Å². The molecule has 2 N–H and O–H groups in total. The van der Waals surface area contributed by atoms with Crippen molar-refractivity contribution in [2.75, 3.05) is 6.54 Å². The molecule has 1 atom stereocenters. The first-order valence-electron chi connectivity index (χ1n) is 7.34. The standard InChI is InChI=1S/C14H23N3O3S/c1-3-6-11-7-4-5-8-17(11)14(18)13-9-12(10-16(13)2)21(15,19)20/h9-11H,3-8H2,1-2H3,(H2,15,19,20).